The monoisotopic (exact) mass is 335 g/mol. The standard InChI is InChI=1S/C16H17NO5S/c1-12-2-8-15(9-3-12)23(20,21)17-10-11-22-16(19)13-4-6-14(18)7-5-13/h2-9,17-18H,10-11H2,1H3. The van der Waals surface area contributed by atoms with E-state index < -0.39 is 16.0 Å². The molecule has 0 bridgehead atoms. The predicted molar refractivity (Wildman–Crippen MR) is 84.8 cm³/mol. The molecule has 0 spiro atoms. The minimum Gasteiger partial charge on any atom is -0.508 e. The lowest BCUT2D eigenvalue weighted by Crippen LogP contribution is -2.28. The van der Waals surface area contributed by atoms with Crippen molar-refractivity contribution in [2.24, 2.45) is 0 Å². The van der Waals surface area contributed by atoms with Gasteiger partial charge in [0.25, 0.3) is 0 Å². The molecule has 0 aromatic heterocycles. The lowest BCUT2D eigenvalue weighted by molar-refractivity contribution is 0.0513. The number of esters is 1. The summed E-state index contributed by atoms with van der Waals surface area (Å²) in [6.45, 7) is 1.75. The van der Waals surface area contributed by atoms with Crippen molar-refractivity contribution in [3.8, 4) is 5.75 Å². The molecule has 0 amide bonds. The van der Waals surface area contributed by atoms with Crippen molar-refractivity contribution in [1.82, 2.24) is 4.72 Å². The molecule has 2 aromatic carbocycles. The smallest absolute Gasteiger partial charge is 0.338 e. The number of rotatable bonds is 6. The van der Waals surface area contributed by atoms with E-state index in [9.17, 15) is 13.2 Å². The summed E-state index contributed by atoms with van der Waals surface area (Å²) in [6, 6.07) is 12.0. The van der Waals surface area contributed by atoms with Gasteiger partial charge in [0.2, 0.25) is 10.0 Å². The Morgan fingerprint density at radius 1 is 1.09 bits per heavy atom. The average molecular weight is 335 g/mol. The summed E-state index contributed by atoms with van der Waals surface area (Å²) in [4.78, 5) is 11.9. The molecule has 0 radical (unpaired) electrons. The number of hydrogen-bond donors (Lipinski definition) is 2. The second-order valence-corrected chi connectivity index (χ2v) is 6.66. The molecular formula is C16H17NO5S. The van der Waals surface area contributed by atoms with Crippen LogP contribution in [0.3, 0.4) is 0 Å². The minimum atomic E-state index is -3.62. The van der Waals surface area contributed by atoms with Gasteiger partial charge in [-0.25, -0.2) is 17.9 Å². The molecule has 2 N–H and O–H groups in total. The summed E-state index contributed by atoms with van der Waals surface area (Å²) < 4.78 is 31.4. The molecular weight excluding hydrogens is 318 g/mol. The lowest BCUT2D eigenvalue weighted by Gasteiger charge is -2.08. The number of ether oxygens (including phenoxy) is 1. The Morgan fingerprint density at radius 3 is 2.30 bits per heavy atom. The number of carbonyl (C=O) groups excluding carboxylic acids is 1. The third-order valence-electron chi connectivity index (χ3n) is 3.06. The molecule has 2 aromatic rings. The van der Waals surface area contributed by atoms with Crippen LogP contribution in [0.25, 0.3) is 0 Å². The zero-order valence-corrected chi connectivity index (χ0v) is 13.3. The molecule has 0 unspecified atom stereocenters. The van der Waals surface area contributed by atoms with E-state index in [1.807, 2.05) is 6.92 Å². The van der Waals surface area contributed by atoms with Gasteiger partial charge in [0.05, 0.1) is 10.5 Å². The number of aryl methyl sites for hydroxylation is 1. The summed E-state index contributed by atoms with van der Waals surface area (Å²) in [6.07, 6.45) is 0. The molecule has 0 atom stereocenters. The average Bonchev–Trinajstić information content (AvgIpc) is 2.52. The number of carbonyl (C=O) groups is 1. The number of nitrogens with one attached hydrogen (secondary N) is 1. The molecule has 0 aliphatic heterocycles. The Kier molecular flexibility index (Phi) is 5.36. The largest absolute Gasteiger partial charge is 0.508 e. The van der Waals surface area contributed by atoms with E-state index in [4.69, 9.17) is 9.84 Å². The Labute approximate surface area is 134 Å². The Hall–Kier alpha value is -2.38. The van der Waals surface area contributed by atoms with Crippen LogP contribution in [0.15, 0.2) is 53.4 Å². The van der Waals surface area contributed by atoms with Crippen LogP contribution in [0.4, 0.5) is 0 Å². The summed E-state index contributed by atoms with van der Waals surface area (Å²) in [5.74, 6) is -0.535. The topological polar surface area (TPSA) is 92.7 Å². The van der Waals surface area contributed by atoms with Crippen LogP contribution in [0.1, 0.15) is 15.9 Å². The van der Waals surface area contributed by atoms with Crippen molar-refractivity contribution in [2.45, 2.75) is 11.8 Å². The maximum absolute atomic E-state index is 12.0. The Bertz CT molecular complexity index is 767. The third-order valence-corrected chi connectivity index (χ3v) is 4.54. The molecule has 0 aliphatic carbocycles. The number of phenols is 1. The molecule has 122 valence electrons. The minimum absolute atomic E-state index is 0.0277. The van der Waals surface area contributed by atoms with Gasteiger partial charge in [-0.2, -0.15) is 0 Å². The molecule has 0 saturated carbocycles. The van der Waals surface area contributed by atoms with Crippen molar-refractivity contribution in [2.75, 3.05) is 13.2 Å². The van der Waals surface area contributed by atoms with Crippen LogP contribution in [0.2, 0.25) is 0 Å². The quantitative estimate of drug-likeness (QED) is 0.621. The van der Waals surface area contributed by atoms with Crippen LogP contribution in [-0.4, -0.2) is 32.6 Å². The molecule has 0 saturated heterocycles. The second kappa shape index (κ2) is 7.26. The van der Waals surface area contributed by atoms with Gasteiger partial charge in [-0.3, -0.25) is 0 Å². The molecule has 0 fully saturated rings. The normalized spacial score (nSPS) is 11.2. The SMILES string of the molecule is Cc1ccc(S(=O)(=O)NCCOC(=O)c2ccc(O)cc2)cc1. The first-order chi connectivity index (χ1) is 10.9. The zero-order chi connectivity index (χ0) is 16.9. The van der Waals surface area contributed by atoms with Gasteiger partial charge in [0.1, 0.15) is 12.4 Å². The third kappa shape index (κ3) is 4.80. The van der Waals surface area contributed by atoms with Crippen molar-refractivity contribution in [1.29, 1.82) is 0 Å². The maximum atomic E-state index is 12.0. The highest BCUT2D eigenvalue weighted by Gasteiger charge is 2.13. The summed E-state index contributed by atoms with van der Waals surface area (Å²) in [5.41, 5.74) is 1.25. The number of hydrogen-bond acceptors (Lipinski definition) is 5. The Balaban J connectivity index is 1.83. The van der Waals surface area contributed by atoms with Gasteiger partial charge < -0.3 is 9.84 Å². The molecule has 0 heterocycles. The van der Waals surface area contributed by atoms with Gasteiger partial charge in [-0.05, 0) is 43.3 Å². The highest BCUT2D eigenvalue weighted by Crippen LogP contribution is 2.11. The van der Waals surface area contributed by atoms with E-state index in [1.54, 1.807) is 12.1 Å². The van der Waals surface area contributed by atoms with Crippen LogP contribution < -0.4 is 4.72 Å². The first-order valence-corrected chi connectivity index (χ1v) is 8.39. The van der Waals surface area contributed by atoms with E-state index in [-0.39, 0.29) is 29.4 Å². The van der Waals surface area contributed by atoms with Crippen molar-refractivity contribution >= 4 is 16.0 Å². The van der Waals surface area contributed by atoms with E-state index in [1.165, 1.54) is 36.4 Å². The predicted octanol–water partition coefficient (Wildman–Crippen LogP) is 1.84. The molecule has 2 rings (SSSR count). The summed E-state index contributed by atoms with van der Waals surface area (Å²) >= 11 is 0. The van der Waals surface area contributed by atoms with Crippen LogP contribution in [0, 0.1) is 6.92 Å². The first kappa shape index (κ1) is 17.0. The van der Waals surface area contributed by atoms with Gasteiger partial charge >= 0.3 is 5.97 Å². The highest BCUT2D eigenvalue weighted by molar-refractivity contribution is 7.89. The van der Waals surface area contributed by atoms with E-state index >= 15 is 0 Å². The number of sulfonamides is 1. The Morgan fingerprint density at radius 2 is 1.70 bits per heavy atom. The molecule has 6 nitrogen and oxygen atoms in total. The molecule has 23 heavy (non-hydrogen) atoms. The van der Waals surface area contributed by atoms with Crippen molar-refractivity contribution in [3.63, 3.8) is 0 Å². The zero-order valence-electron chi connectivity index (χ0n) is 12.5. The number of aromatic hydroxyl groups is 1. The first-order valence-electron chi connectivity index (χ1n) is 6.91. The van der Waals surface area contributed by atoms with Gasteiger partial charge in [0.15, 0.2) is 0 Å². The van der Waals surface area contributed by atoms with E-state index in [2.05, 4.69) is 4.72 Å². The number of phenolic OH excluding ortho intramolecular Hbond substituents is 1. The molecule has 0 aliphatic rings. The second-order valence-electron chi connectivity index (χ2n) is 4.89. The van der Waals surface area contributed by atoms with E-state index in [0.29, 0.717) is 0 Å². The van der Waals surface area contributed by atoms with Crippen molar-refractivity contribution in [3.05, 3.63) is 59.7 Å². The van der Waals surface area contributed by atoms with E-state index in [0.717, 1.165) is 5.56 Å². The summed E-state index contributed by atoms with van der Waals surface area (Å²) in [5, 5.41) is 9.14. The van der Waals surface area contributed by atoms with Crippen LogP contribution in [-0.2, 0) is 14.8 Å². The van der Waals surface area contributed by atoms with Gasteiger partial charge in [-0.1, -0.05) is 17.7 Å². The van der Waals surface area contributed by atoms with Crippen LogP contribution in [0.5, 0.6) is 5.75 Å². The number of benzene rings is 2. The lowest BCUT2D eigenvalue weighted by atomic mass is 10.2. The summed E-state index contributed by atoms with van der Waals surface area (Å²) in [7, 11) is -3.62. The van der Waals surface area contributed by atoms with Gasteiger partial charge in [-0.15, -0.1) is 0 Å². The van der Waals surface area contributed by atoms with Crippen molar-refractivity contribution < 1.29 is 23.1 Å². The fourth-order valence-electron chi connectivity index (χ4n) is 1.80. The molecule has 7 heteroatoms. The fourth-order valence-corrected chi connectivity index (χ4v) is 2.81. The fraction of sp³-hybridized carbons (Fsp3) is 0.188. The van der Waals surface area contributed by atoms with Gasteiger partial charge in [0, 0.05) is 6.54 Å². The maximum Gasteiger partial charge on any atom is 0.338 e. The van der Waals surface area contributed by atoms with Crippen LogP contribution >= 0.6 is 0 Å². The highest BCUT2D eigenvalue weighted by atomic mass is 32.2.